The number of thioether (sulfide) groups is 1. The molecule has 27 heavy (non-hydrogen) atoms. The van der Waals surface area contributed by atoms with Crippen LogP contribution in [0, 0.1) is 0 Å². The second kappa shape index (κ2) is 7.28. The Morgan fingerprint density at radius 2 is 1.89 bits per heavy atom. The van der Waals surface area contributed by atoms with Crippen molar-refractivity contribution in [2.45, 2.75) is 11.0 Å². The van der Waals surface area contributed by atoms with Crippen LogP contribution in [0.3, 0.4) is 0 Å². The molecule has 2 heterocycles. The lowest BCUT2D eigenvalue weighted by molar-refractivity contribution is 0.0827. The summed E-state index contributed by atoms with van der Waals surface area (Å²) in [6, 6.07) is 15.6. The Morgan fingerprint density at radius 3 is 2.67 bits per heavy atom. The maximum absolute atomic E-state index is 11.9. The topological polar surface area (TPSA) is 75.0 Å². The van der Waals surface area contributed by atoms with E-state index in [4.69, 9.17) is 4.42 Å². The molecule has 0 bridgehead atoms. The van der Waals surface area contributed by atoms with Gasteiger partial charge in [-0.3, -0.25) is 4.79 Å². The molecule has 0 aliphatic rings. The summed E-state index contributed by atoms with van der Waals surface area (Å²) in [4.78, 5) is 16.7. The normalized spacial score (nSPS) is 11.0. The largest absolute Gasteiger partial charge is 0.411 e. The summed E-state index contributed by atoms with van der Waals surface area (Å²) < 4.78 is 5.81. The third-order valence-electron chi connectivity index (χ3n) is 4.20. The van der Waals surface area contributed by atoms with E-state index in [0.717, 1.165) is 22.0 Å². The van der Waals surface area contributed by atoms with Crippen molar-refractivity contribution >= 4 is 28.6 Å². The highest BCUT2D eigenvalue weighted by molar-refractivity contribution is 7.98. The molecule has 6 nitrogen and oxygen atoms in total. The average Bonchev–Trinajstić information content (AvgIpc) is 3.32. The van der Waals surface area contributed by atoms with Crippen LogP contribution in [-0.2, 0) is 5.75 Å². The predicted molar refractivity (Wildman–Crippen MR) is 106 cm³/mol. The van der Waals surface area contributed by atoms with Crippen LogP contribution < -0.4 is 0 Å². The highest BCUT2D eigenvalue weighted by Crippen LogP contribution is 2.30. The Bertz CT molecular complexity index is 1080. The number of rotatable bonds is 5. The first kappa shape index (κ1) is 17.4. The second-order valence-corrected chi connectivity index (χ2v) is 7.23. The number of aromatic nitrogens is 3. The number of para-hydroxylation sites is 1. The van der Waals surface area contributed by atoms with Gasteiger partial charge in [0.15, 0.2) is 0 Å². The van der Waals surface area contributed by atoms with Crippen molar-refractivity contribution in [3.8, 4) is 11.5 Å². The molecule has 0 spiro atoms. The zero-order valence-electron chi connectivity index (χ0n) is 15.0. The monoisotopic (exact) mass is 378 g/mol. The van der Waals surface area contributed by atoms with E-state index in [0.29, 0.717) is 22.4 Å². The van der Waals surface area contributed by atoms with Gasteiger partial charge in [0.25, 0.3) is 17.0 Å². The van der Waals surface area contributed by atoms with Crippen LogP contribution in [0.4, 0.5) is 0 Å². The Kier molecular flexibility index (Phi) is 4.68. The maximum Gasteiger partial charge on any atom is 0.277 e. The van der Waals surface area contributed by atoms with E-state index in [2.05, 4.69) is 15.2 Å². The van der Waals surface area contributed by atoms with Crippen molar-refractivity contribution in [2.24, 2.45) is 0 Å². The van der Waals surface area contributed by atoms with Gasteiger partial charge >= 0.3 is 0 Å². The number of hydrogen-bond acceptors (Lipinski definition) is 5. The minimum atomic E-state index is -0.00512. The summed E-state index contributed by atoms with van der Waals surface area (Å²) in [6.07, 6.45) is 1.88. The molecule has 4 aromatic rings. The summed E-state index contributed by atoms with van der Waals surface area (Å²) in [7, 11) is 3.49. The Hall–Kier alpha value is -3.06. The molecule has 1 amide bonds. The molecule has 0 aliphatic carbocycles. The van der Waals surface area contributed by atoms with Crippen molar-refractivity contribution in [1.29, 1.82) is 0 Å². The molecule has 136 valence electrons. The quantitative estimate of drug-likeness (QED) is 0.527. The van der Waals surface area contributed by atoms with Gasteiger partial charge in [-0.1, -0.05) is 42.1 Å². The molecular weight excluding hydrogens is 360 g/mol. The maximum atomic E-state index is 11.9. The number of nitrogens with zero attached hydrogens (tertiary/aromatic N) is 3. The fraction of sp³-hybridized carbons (Fsp3) is 0.150. The van der Waals surface area contributed by atoms with Gasteiger partial charge in [-0.15, -0.1) is 10.2 Å². The first-order chi connectivity index (χ1) is 13.1. The first-order valence-electron chi connectivity index (χ1n) is 8.45. The number of carbonyl (C=O) groups is 1. The Morgan fingerprint density at radius 1 is 1.11 bits per heavy atom. The van der Waals surface area contributed by atoms with Crippen LogP contribution in [0.15, 0.2) is 64.4 Å². The van der Waals surface area contributed by atoms with Crippen LogP contribution in [-0.4, -0.2) is 40.1 Å². The van der Waals surface area contributed by atoms with Gasteiger partial charge in [0.05, 0.1) is 5.56 Å². The molecular formula is C20H18N4O2S. The summed E-state index contributed by atoms with van der Waals surface area (Å²) in [5.74, 6) is 1.18. The summed E-state index contributed by atoms with van der Waals surface area (Å²) in [6.45, 7) is 0. The molecule has 1 N–H and O–H groups in total. The molecule has 0 saturated heterocycles. The lowest BCUT2D eigenvalue weighted by atomic mass is 10.1. The highest BCUT2D eigenvalue weighted by atomic mass is 32.2. The van der Waals surface area contributed by atoms with Crippen molar-refractivity contribution in [1.82, 2.24) is 20.1 Å². The van der Waals surface area contributed by atoms with Crippen molar-refractivity contribution in [2.75, 3.05) is 14.1 Å². The smallest absolute Gasteiger partial charge is 0.277 e. The molecule has 0 fully saturated rings. The van der Waals surface area contributed by atoms with Crippen molar-refractivity contribution in [3.63, 3.8) is 0 Å². The molecule has 4 rings (SSSR count). The molecule has 0 radical (unpaired) electrons. The van der Waals surface area contributed by atoms with Gasteiger partial charge in [-0.05, 0) is 23.8 Å². The molecule has 0 unspecified atom stereocenters. The van der Waals surface area contributed by atoms with E-state index in [1.54, 1.807) is 19.0 Å². The highest BCUT2D eigenvalue weighted by Gasteiger charge is 2.14. The van der Waals surface area contributed by atoms with Crippen LogP contribution in [0.2, 0.25) is 0 Å². The number of fused-ring (bicyclic) bond motifs is 1. The average molecular weight is 378 g/mol. The van der Waals surface area contributed by atoms with Gasteiger partial charge < -0.3 is 14.3 Å². The van der Waals surface area contributed by atoms with Gasteiger partial charge in [-0.2, -0.15) is 0 Å². The van der Waals surface area contributed by atoms with E-state index in [1.165, 1.54) is 11.8 Å². The Balaban J connectivity index is 1.45. The molecule has 2 aromatic carbocycles. The SMILES string of the molecule is CN(C)C(=O)c1ccc(CSc2nnc(-c3c[nH]c4ccccc34)o2)cc1. The number of hydrogen-bond donors (Lipinski definition) is 1. The summed E-state index contributed by atoms with van der Waals surface area (Å²) >= 11 is 1.47. The zero-order chi connectivity index (χ0) is 18.8. The lowest BCUT2D eigenvalue weighted by Crippen LogP contribution is -2.21. The van der Waals surface area contributed by atoms with Gasteiger partial charge in [0.1, 0.15) is 0 Å². The van der Waals surface area contributed by atoms with Gasteiger partial charge in [0, 0.05) is 42.5 Å². The number of amides is 1. The minimum Gasteiger partial charge on any atom is -0.411 e. The number of carbonyl (C=O) groups excluding carboxylic acids is 1. The van der Waals surface area contributed by atoms with E-state index < -0.39 is 0 Å². The fourth-order valence-corrected chi connectivity index (χ4v) is 3.49. The summed E-state index contributed by atoms with van der Waals surface area (Å²) in [5.41, 5.74) is 3.69. The van der Waals surface area contributed by atoms with Crippen LogP contribution in [0.5, 0.6) is 0 Å². The van der Waals surface area contributed by atoms with E-state index in [-0.39, 0.29) is 5.91 Å². The van der Waals surface area contributed by atoms with Crippen molar-refractivity contribution < 1.29 is 9.21 Å². The second-order valence-electron chi connectivity index (χ2n) is 6.31. The summed E-state index contributed by atoms with van der Waals surface area (Å²) in [5, 5.41) is 9.88. The Labute approximate surface area is 160 Å². The van der Waals surface area contributed by atoms with E-state index in [9.17, 15) is 4.79 Å². The standard InChI is InChI=1S/C20H18N4O2S/c1-24(2)19(25)14-9-7-13(8-10-14)12-27-20-23-22-18(26-20)16-11-21-17-6-4-3-5-15(16)17/h3-11,21H,12H2,1-2H3. The number of aromatic amines is 1. The number of H-pyrrole nitrogens is 1. The lowest BCUT2D eigenvalue weighted by Gasteiger charge is -2.10. The molecule has 0 atom stereocenters. The minimum absolute atomic E-state index is 0.00512. The van der Waals surface area contributed by atoms with E-state index in [1.807, 2.05) is 54.7 Å². The zero-order valence-corrected chi connectivity index (χ0v) is 15.8. The molecule has 2 aromatic heterocycles. The molecule has 0 aliphatic heterocycles. The van der Waals surface area contributed by atoms with Crippen LogP contribution in [0.25, 0.3) is 22.4 Å². The predicted octanol–water partition coefficient (Wildman–Crippen LogP) is 4.21. The number of benzene rings is 2. The van der Waals surface area contributed by atoms with Crippen LogP contribution >= 0.6 is 11.8 Å². The molecule has 7 heteroatoms. The number of nitrogens with one attached hydrogen (secondary N) is 1. The van der Waals surface area contributed by atoms with Crippen LogP contribution in [0.1, 0.15) is 15.9 Å². The van der Waals surface area contributed by atoms with E-state index >= 15 is 0 Å². The van der Waals surface area contributed by atoms with Crippen molar-refractivity contribution in [3.05, 3.63) is 65.9 Å². The third-order valence-corrected chi connectivity index (χ3v) is 5.09. The van der Waals surface area contributed by atoms with Gasteiger partial charge in [0.2, 0.25) is 0 Å². The molecule has 0 saturated carbocycles. The van der Waals surface area contributed by atoms with Gasteiger partial charge in [-0.25, -0.2) is 0 Å². The first-order valence-corrected chi connectivity index (χ1v) is 9.44. The fourth-order valence-electron chi connectivity index (χ4n) is 2.77. The third kappa shape index (κ3) is 3.59.